The normalized spacial score (nSPS) is 21.7. The summed E-state index contributed by atoms with van der Waals surface area (Å²) in [6.07, 6.45) is 0. The Morgan fingerprint density at radius 2 is 1.95 bits per heavy atom. The third kappa shape index (κ3) is 3.26. The highest BCUT2D eigenvalue weighted by atomic mass is 35.5. The van der Waals surface area contributed by atoms with E-state index in [-0.39, 0.29) is 6.04 Å². The molecule has 0 bridgehead atoms. The Labute approximate surface area is 132 Å². The third-order valence-electron chi connectivity index (χ3n) is 4.37. The molecule has 0 saturated carbocycles. The van der Waals surface area contributed by atoms with Crippen LogP contribution in [0.3, 0.4) is 0 Å². The number of alkyl halides is 1. The third-order valence-corrected chi connectivity index (χ3v) is 6.67. The Morgan fingerprint density at radius 1 is 1.29 bits per heavy atom. The Hall–Kier alpha value is -0.620. The van der Waals surface area contributed by atoms with Crippen LogP contribution in [-0.4, -0.2) is 50.3 Å². The number of nitrogens with zero attached hydrogens (tertiary/aromatic N) is 2. The van der Waals surface area contributed by atoms with Gasteiger partial charge in [-0.15, -0.1) is 11.6 Å². The van der Waals surface area contributed by atoms with Gasteiger partial charge in [0.05, 0.1) is 4.90 Å². The molecule has 0 aliphatic carbocycles. The number of benzene rings is 1. The van der Waals surface area contributed by atoms with Gasteiger partial charge in [-0.1, -0.05) is 6.07 Å². The monoisotopic (exact) mass is 330 g/mol. The molecule has 2 rings (SSSR count). The summed E-state index contributed by atoms with van der Waals surface area (Å²) < 4.78 is 27.5. The summed E-state index contributed by atoms with van der Waals surface area (Å²) in [5.74, 6) is 0.322. The van der Waals surface area contributed by atoms with Crippen LogP contribution < -0.4 is 0 Å². The molecule has 0 amide bonds. The molecule has 1 saturated heterocycles. The van der Waals surface area contributed by atoms with Gasteiger partial charge in [-0.3, -0.25) is 0 Å². The first-order valence-electron chi connectivity index (χ1n) is 7.14. The Kier molecular flexibility index (Phi) is 4.98. The van der Waals surface area contributed by atoms with E-state index in [9.17, 15) is 8.42 Å². The summed E-state index contributed by atoms with van der Waals surface area (Å²) in [5, 5.41) is 0. The molecule has 1 unspecified atom stereocenters. The van der Waals surface area contributed by atoms with Crippen molar-refractivity contribution in [1.29, 1.82) is 0 Å². The highest BCUT2D eigenvalue weighted by Gasteiger charge is 2.32. The molecular weight excluding hydrogens is 308 g/mol. The lowest BCUT2D eigenvalue weighted by Gasteiger charge is -2.37. The van der Waals surface area contributed by atoms with E-state index in [1.165, 1.54) is 0 Å². The van der Waals surface area contributed by atoms with Crippen LogP contribution in [0.5, 0.6) is 0 Å². The van der Waals surface area contributed by atoms with Gasteiger partial charge in [0.15, 0.2) is 0 Å². The molecule has 0 N–H and O–H groups in total. The number of likely N-dealkylation sites (N-methyl/N-ethyl adjacent to an activating group) is 1. The minimum atomic E-state index is -3.46. The van der Waals surface area contributed by atoms with Crippen molar-refractivity contribution in [3.05, 3.63) is 28.8 Å². The van der Waals surface area contributed by atoms with Crippen molar-refractivity contribution in [2.75, 3.05) is 26.7 Å². The summed E-state index contributed by atoms with van der Waals surface area (Å²) in [4.78, 5) is 2.58. The maximum absolute atomic E-state index is 12.9. The van der Waals surface area contributed by atoms with Crippen LogP contribution in [0, 0.1) is 13.8 Å². The van der Waals surface area contributed by atoms with E-state index in [2.05, 4.69) is 11.8 Å². The molecule has 0 radical (unpaired) electrons. The Morgan fingerprint density at radius 3 is 2.52 bits per heavy atom. The molecule has 1 atom stereocenters. The van der Waals surface area contributed by atoms with Crippen LogP contribution in [-0.2, 0) is 15.9 Å². The second-order valence-corrected chi connectivity index (χ2v) is 8.04. The summed E-state index contributed by atoms with van der Waals surface area (Å²) in [7, 11) is -1.43. The number of rotatable bonds is 3. The maximum atomic E-state index is 12.9. The number of sulfonamides is 1. The lowest BCUT2D eigenvalue weighted by molar-refractivity contribution is 0.159. The van der Waals surface area contributed by atoms with Gasteiger partial charge < -0.3 is 4.90 Å². The lowest BCUT2D eigenvalue weighted by Crippen LogP contribution is -2.51. The van der Waals surface area contributed by atoms with Gasteiger partial charge in [-0.25, -0.2) is 8.42 Å². The molecule has 1 aromatic rings. The van der Waals surface area contributed by atoms with Crippen molar-refractivity contribution >= 4 is 21.6 Å². The van der Waals surface area contributed by atoms with E-state index in [0.717, 1.165) is 23.2 Å². The average Bonchev–Trinajstić information content (AvgIpc) is 2.44. The maximum Gasteiger partial charge on any atom is 0.243 e. The van der Waals surface area contributed by atoms with Gasteiger partial charge in [0.1, 0.15) is 0 Å². The SMILES string of the molecule is Cc1cc(CCl)cc(S(=O)(=O)N2CCN(C)C(C)C2)c1C. The second-order valence-electron chi connectivity index (χ2n) is 5.86. The quantitative estimate of drug-likeness (QED) is 0.799. The fourth-order valence-corrected chi connectivity index (χ4v) is 4.63. The predicted octanol–water partition coefficient (Wildman–Crippen LogP) is 2.37. The zero-order valence-corrected chi connectivity index (χ0v) is 14.6. The van der Waals surface area contributed by atoms with Crippen molar-refractivity contribution in [1.82, 2.24) is 9.21 Å². The Balaban J connectivity index is 2.42. The average molecular weight is 331 g/mol. The molecule has 4 nitrogen and oxygen atoms in total. The number of halogens is 1. The highest BCUT2D eigenvalue weighted by Crippen LogP contribution is 2.26. The molecule has 118 valence electrons. The van der Waals surface area contributed by atoms with Gasteiger partial charge in [0.25, 0.3) is 0 Å². The predicted molar refractivity (Wildman–Crippen MR) is 86.3 cm³/mol. The molecule has 6 heteroatoms. The molecule has 1 heterocycles. The first-order chi connectivity index (χ1) is 9.77. The van der Waals surface area contributed by atoms with Crippen LogP contribution in [0.4, 0.5) is 0 Å². The van der Waals surface area contributed by atoms with E-state index in [0.29, 0.717) is 23.9 Å². The van der Waals surface area contributed by atoms with Gasteiger partial charge in [-0.2, -0.15) is 4.31 Å². The first-order valence-corrected chi connectivity index (χ1v) is 9.11. The van der Waals surface area contributed by atoms with E-state index in [1.807, 2.05) is 27.0 Å². The second kappa shape index (κ2) is 6.24. The summed E-state index contributed by atoms with van der Waals surface area (Å²) in [6.45, 7) is 7.66. The standard InChI is InChI=1S/C15H23ClN2O2S/c1-11-7-14(9-16)8-15(13(11)3)21(19,20)18-6-5-17(4)12(2)10-18/h7-8,12H,5-6,9-10H2,1-4H3. The van der Waals surface area contributed by atoms with Gasteiger partial charge in [0, 0.05) is 31.6 Å². The van der Waals surface area contributed by atoms with Crippen molar-refractivity contribution in [2.45, 2.75) is 37.6 Å². The van der Waals surface area contributed by atoms with Crippen molar-refractivity contribution in [3.63, 3.8) is 0 Å². The van der Waals surface area contributed by atoms with Crippen LogP contribution in [0.25, 0.3) is 0 Å². The van der Waals surface area contributed by atoms with E-state index < -0.39 is 10.0 Å². The van der Waals surface area contributed by atoms with E-state index in [4.69, 9.17) is 11.6 Å². The minimum Gasteiger partial charge on any atom is -0.301 e. The van der Waals surface area contributed by atoms with Crippen molar-refractivity contribution < 1.29 is 8.42 Å². The number of hydrogen-bond acceptors (Lipinski definition) is 3. The van der Waals surface area contributed by atoms with Gasteiger partial charge >= 0.3 is 0 Å². The fraction of sp³-hybridized carbons (Fsp3) is 0.600. The molecule has 21 heavy (non-hydrogen) atoms. The lowest BCUT2D eigenvalue weighted by atomic mass is 10.1. The smallest absolute Gasteiger partial charge is 0.243 e. The molecule has 0 spiro atoms. The molecular formula is C15H23ClN2O2S. The molecule has 1 aromatic carbocycles. The number of hydrogen-bond donors (Lipinski definition) is 0. The highest BCUT2D eigenvalue weighted by molar-refractivity contribution is 7.89. The minimum absolute atomic E-state index is 0.228. The topological polar surface area (TPSA) is 40.6 Å². The number of piperazine rings is 1. The zero-order chi connectivity index (χ0) is 15.8. The Bertz CT molecular complexity index is 631. The number of aryl methyl sites for hydroxylation is 1. The molecule has 1 aliphatic rings. The first kappa shape index (κ1) is 16.7. The molecule has 0 aromatic heterocycles. The zero-order valence-electron chi connectivity index (χ0n) is 13.1. The van der Waals surface area contributed by atoms with Crippen LogP contribution in [0.1, 0.15) is 23.6 Å². The van der Waals surface area contributed by atoms with Gasteiger partial charge in [-0.05, 0) is 50.6 Å². The van der Waals surface area contributed by atoms with Crippen molar-refractivity contribution in [2.24, 2.45) is 0 Å². The van der Waals surface area contributed by atoms with Crippen LogP contribution >= 0.6 is 11.6 Å². The largest absolute Gasteiger partial charge is 0.301 e. The fourth-order valence-electron chi connectivity index (χ4n) is 2.62. The van der Waals surface area contributed by atoms with E-state index >= 15 is 0 Å². The van der Waals surface area contributed by atoms with Gasteiger partial charge in [0.2, 0.25) is 10.0 Å². The summed E-state index contributed by atoms with van der Waals surface area (Å²) in [6, 6.07) is 3.90. The van der Waals surface area contributed by atoms with Crippen LogP contribution in [0.15, 0.2) is 17.0 Å². The molecule has 1 aliphatic heterocycles. The summed E-state index contributed by atoms with van der Waals surface area (Å²) >= 11 is 5.89. The van der Waals surface area contributed by atoms with E-state index in [1.54, 1.807) is 10.4 Å². The van der Waals surface area contributed by atoms with Crippen LogP contribution in [0.2, 0.25) is 0 Å². The summed E-state index contributed by atoms with van der Waals surface area (Å²) in [5.41, 5.74) is 2.63. The van der Waals surface area contributed by atoms with Crippen molar-refractivity contribution in [3.8, 4) is 0 Å². The molecule has 1 fully saturated rings.